The van der Waals surface area contributed by atoms with Crippen molar-refractivity contribution in [2.75, 3.05) is 4.43 Å². The van der Waals surface area contributed by atoms with Gasteiger partial charge in [-0.1, -0.05) is 36.4 Å². The summed E-state index contributed by atoms with van der Waals surface area (Å²) in [5.41, 5.74) is 0.271. The highest BCUT2D eigenvalue weighted by atomic mass is 127. The Morgan fingerprint density at radius 3 is 2.71 bits per heavy atom. The van der Waals surface area contributed by atoms with Crippen LogP contribution in [-0.4, -0.2) is 16.1 Å². The van der Waals surface area contributed by atoms with Gasteiger partial charge in [-0.3, -0.25) is 0 Å². The Labute approximate surface area is 101 Å². The van der Waals surface area contributed by atoms with Crippen LogP contribution in [-0.2, 0) is 4.74 Å². The van der Waals surface area contributed by atoms with Crippen molar-refractivity contribution < 1.29 is 4.74 Å². The second kappa shape index (κ2) is 4.28. The van der Waals surface area contributed by atoms with E-state index in [1.54, 1.807) is 0 Å². The minimum atomic E-state index is 0.271. The van der Waals surface area contributed by atoms with Crippen LogP contribution in [0.5, 0.6) is 0 Å². The van der Waals surface area contributed by atoms with E-state index in [9.17, 15) is 0 Å². The zero-order valence-electron chi connectivity index (χ0n) is 9.26. The highest BCUT2D eigenvalue weighted by Crippen LogP contribution is 2.53. The molecule has 0 bridgehead atoms. The van der Waals surface area contributed by atoms with Crippen molar-refractivity contribution in [3.8, 4) is 0 Å². The molecule has 2 aliphatic rings. The van der Waals surface area contributed by atoms with Crippen LogP contribution >= 0.6 is 22.6 Å². The summed E-state index contributed by atoms with van der Waals surface area (Å²) < 4.78 is 7.53. The molecule has 0 N–H and O–H groups in total. The third kappa shape index (κ3) is 1.97. The minimum absolute atomic E-state index is 0.271. The van der Waals surface area contributed by atoms with Gasteiger partial charge in [0.2, 0.25) is 0 Å². The van der Waals surface area contributed by atoms with Gasteiger partial charge in [-0.05, 0) is 43.9 Å². The van der Waals surface area contributed by atoms with Gasteiger partial charge < -0.3 is 4.74 Å². The van der Waals surface area contributed by atoms with E-state index in [-0.39, 0.29) is 5.60 Å². The van der Waals surface area contributed by atoms with Crippen LogP contribution in [0.2, 0.25) is 0 Å². The van der Waals surface area contributed by atoms with Gasteiger partial charge in [-0.2, -0.15) is 0 Å². The summed E-state index contributed by atoms with van der Waals surface area (Å²) in [6, 6.07) is 0. The normalized spacial score (nSPS) is 47.8. The molecule has 0 amide bonds. The van der Waals surface area contributed by atoms with Crippen LogP contribution in [0.3, 0.4) is 0 Å². The number of hydrogen-bond donors (Lipinski definition) is 0. The molecule has 1 aliphatic carbocycles. The Kier molecular flexibility index (Phi) is 3.42. The molecule has 0 aromatic carbocycles. The monoisotopic (exact) mass is 308 g/mol. The van der Waals surface area contributed by atoms with E-state index in [0.717, 1.165) is 11.8 Å². The third-order valence-electron chi connectivity index (χ3n) is 4.08. The molecule has 2 heteroatoms. The Hall–Kier alpha value is 0.690. The smallest absolute Gasteiger partial charge is 0.0714 e. The second-order valence-corrected chi connectivity index (χ2v) is 5.90. The largest absolute Gasteiger partial charge is 0.371 e. The maximum absolute atomic E-state index is 6.36. The first-order valence-electron chi connectivity index (χ1n) is 5.95. The molecule has 0 aromatic rings. The minimum Gasteiger partial charge on any atom is -0.371 e. The van der Waals surface area contributed by atoms with Crippen molar-refractivity contribution in [2.24, 2.45) is 11.8 Å². The number of alkyl halides is 1. The van der Waals surface area contributed by atoms with Gasteiger partial charge in [0.05, 0.1) is 11.7 Å². The molecular weight excluding hydrogens is 287 g/mol. The van der Waals surface area contributed by atoms with Gasteiger partial charge in [0, 0.05) is 4.43 Å². The van der Waals surface area contributed by atoms with E-state index >= 15 is 0 Å². The molecule has 0 spiro atoms. The fourth-order valence-corrected chi connectivity index (χ4v) is 3.66. The summed E-state index contributed by atoms with van der Waals surface area (Å²) in [7, 11) is 0. The second-order valence-electron chi connectivity index (χ2n) is 5.02. The summed E-state index contributed by atoms with van der Waals surface area (Å²) in [5, 5.41) is 0. The highest BCUT2D eigenvalue weighted by Gasteiger charge is 2.51. The summed E-state index contributed by atoms with van der Waals surface area (Å²) in [5.74, 6) is 1.79. The Bertz CT molecular complexity index is 206. The van der Waals surface area contributed by atoms with E-state index in [4.69, 9.17) is 4.74 Å². The number of ether oxygens (including phenoxy) is 1. The lowest BCUT2D eigenvalue weighted by molar-refractivity contribution is -0.135. The lowest BCUT2D eigenvalue weighted by Crippen LogP contribution is -2.43. The molecule has 2 fully saturated rings. The number of halogens is 1. The zero-order valence-corrected chi connectivity index (χ0v) is 11.4. The van der Waals surface area contributed by atoms with Gasteiger partial charge in [-0.15, -0.1) is 0 Å². The molecule has 1 nitrogen and oxygen atoms in total. The maximum atomic E-state index is 6.36. The van der Waals surface area contributed by atoms with Crippen molar-refractivity contribution >= 4 is 22.6 Å². The first-order chi connectivity index (χ1) is 6.72. The van der Waals surface area contributed by atoms with Crippen LogP contribution in [0.4, 0.5) is 0 Å². The van der Waals surface area contributed by atoms with Crippen molar-refractivity contribution in [3.05, 3.63) is 0 Å². The molecule has 1 saturated carbocycles. The van der Waals surface area contributed by atoms with Gasteiger partial charge in [-0.25, -0.2) is 0 Å². The Morgan fingerprint density at radius 2 is 2.21 bits per heavy atom. The molecule has 1 aliphatic heterocycles. The fourth-order valence-electron chi connectivity index (χ4n) is 3.04. The molecule has 4 atom stereocenters. The third-order valence-corrected chi connectivity index (χ3v) is 5.07. The van der Waals surface area contributed by atoms with Gasteiger partial charge >= 0.3 is 0 Å². The lowest BCUT2D eigenvalue weighted by Gasteiger charge is -2.41. The van der Waals surface area contributed by atoms with Crippen molar-refractivity contribution in [1.82, 2.24) is 0 Å². The van der Waals surface area contributed by atoms with Crippen LogP contribution in [0.25, 0.3) is 0 Å². The fraction of sp³-hybridized carbons (Fsp3) is 1.00. The van der Waals surface area contributed by atoms with E-state index in [2.05, 4.69) is 36.4 Å². The molecule has 4 unspecified atom stereocenters. The summed E-state index contributed by atoms with van der Waals surface area (Å²) >= 11 is 2.46. The van der Waals surface area contributed by atoms with Crippen molar-refractivity contribution in [1.29, 1.82) is 0 Å². The van der Waals surface area contributed by atoms with Crippen molar-refractivity contribution in [2.45, 2.75) is 57.7 Å². The van der Waals surface area contributed by atoms with Crippen LogP contribution in [0, 0.1) is 11.8 Å². The number of rotatable bonds is 3. The molecule has 14 heavy (non-hydrogen) atoms. The lowest BCUT2D eigenvalue weighted by atomic mass is 9.84. The predicted molar refractivity (Wildman–Crippen MR) is 67.9 cm³/mol. The quantitative estimate of drug-likeness (QED) is 0.569. The zero-order chi connectivity index (χ0) is 10.2. The molecule has 0 aromatic heterocycles. The topological polar surface area (TPSA) is 9.23 Å². The summed E-state index contributed by atoms with van der Waals surface area (Å²) in [6.45, 7) is 4.68. The van der Waals surface area contributed by atoms with Crippen LogP contribution < -0.4 is 0 Å². The van der Waals surface area contributed by atoms with Gasteiger partial charge in [0.1, 0.15) is 0 Å². The standard InChI is InChI=1S/C12H21IO/c1-3-12(11-7-9(11)2)6-4-5-10(8-13)14-12/h9-11H,3-8H2,1-2H3. The summed E-state index contributed by atoms with van der Waals surface area (Å²) in [6.07, 6.45) is 7.14. The number of hydrogen-bond acceptors (Lipinski definition) is 1. The van der Waals surface area contributed by atoms with Crippen molar-refractivity contribution in [3.63, 3.8) is 0 Å². The highest BCUT2D eigenvalue weighted by molar-refractivity contribution is 14.1. The first kappa shape index (κ1) is 11.2. The van der Waals surface area contributed by atoms with Crippen LogP contribution in [0.1, 0.15) is 46.0 Å². The maximum Gasteiger partial charge on any atom is 0.0714 e. The molecule has 0 radical (unpaired) electrons. The Morgan fingerprint density at radius 1 is 1.50 bits per heavy atom. The van der Waals surface area contributed by atoms with E-state index < -0.39 is 0 Å². The average molecular weight is 308 g/mol. The summed E-state index contributed by atoms with van der Waals surface area (Å²) in [4.78, 5) is 0. The van der Waals surface area contributed by atoms with Gasteiger partial charge in [0.25, 0.3) is 0 Å². The molecular formula is C12H21IO. The first-order valence-corrected chi connectivity index (χ1v) is 7.48. The average Bonchev–Trinajstić information content (AvgIpc) is 2.96. The van der Waals surface area contributed by atoms with E-state index in [0.29, 0.717) is 6.10 Å². The molecule has 1 saturated heterocycles. The van der Waals surface area contributed by atoms with E-state index in [1.165, 1.54) is 36.5 Å². The van der Waals surface area contributed by atoms with Gasteiger partial charge in [0.15, 0.2) is 0 Å². The SMILES string of the molecule is CCC1(C2CC2C)CCCC(CI)O1. The molecule has 1 heterocycles. The van der Waals surface area contributed by atoms with Crippen LogP contribution in [0.15, 0.2) is 0 Å². The molecule has 2 rings (SSSR count). The predicted octanol–water partition coefficient (Wildman–Crippen LogP) is 3.80. The molecule has 82 valence electrons. The van der Waals surface area contributed by atoms with E-state index in [1.807, 2.05) is 0 Å². The Balaban J connectivity index is 2.03.